The lowest BCUT2D eigenvalue weighted by Crippen LogP contribution is -2.38. The Balaban J connectivity index is 1.90. The van der Waals surface area contributed by atoms with Crippen molar-refractivity contribution in [2.45, 2.75) is 38.3 Å². The summed E-state index contributed by atoms with van der Waals surface area (Å²) in [5, 5.41) is 0.535. The topological polar surface area (TPSA) is 66.1 Å². The zero-order valence-electron chi connectivity index (χ0n) is 12.0. The monoisotopic (exact) mass is 295 g/mol. The van der Waals surface area contributed by atoms with Gasteiger partial charge in [0.2, 0.25) is 5.91 Å². The fourth-order valence-corrected chi connectivity index (χ4v) is 3.01. The third kappa shape index (κ3) is 4.10. The van der Waals surface area contributed by atoms with E-state index in [2.05, 4.69) is 16.9 Å². The van der Waals surface area contributed by atoms with E-state index in [1.165, 1.54) is 17.8 Å². The van der Waals surface area contributed by atoms with Gasteiger partial charge >= 0.3 is 0 Å². The number of hydrogen-bond donors (Lipinski definition) is 1. The van der Waals surface area contributed by atoms with Crippen LogP contribution in [-0.4, -0.2) is 39.6 Å². The molecule has 20 heavy (non-hydrogen) atoms. The lowest BCUT2D eigenvalue weighted by molar-refractivity contribution is -0.129. The molecule has 2 heterocycles. The first-order valence-corrected chi connectivity index (χ1v) is 8.08. The molecule has 6 heteroatoms. The van der Waals surface area contributed by atoms with Gasteiger partial charge in [0.05, 0.1) is 5.75 Å². The molecule has 0 aromatic carbocycles. The molecule has 1 aliphatic heterocycles. The van der Waals surface area contributed by atoms with Crippen molar-refractivity contribution in [2.75, 3.05) is 18.8 Å². The molecular formula is C14H21N3O2S. The number of hydrogen-bond acceptors (Lipinski definition) is 4. The average molecular weight is 295 g/mol. The van der Waals surface area contributed by atoms with Crippen molar-refractivity contribution in [2.24, 2.45) is 5.92 Å². The second kappa shape index (κ2) is 6.92. The zero-order valence-corrected chi connectivity index (χ0v) is 12.8. The Labute approximate surface area is 123 Å². The van der Waals surface area contributed by atoms with Gasteiger partial charge in [-0.3, -0.25) is 9.59 Å². The van der Waals surface area contributed by atoms with Gasteiger partial charge in [-0.05, 0) is 25.2 Å². The minimum Gasteiger partial charge on any atom is -0.342 e. The molecular weight excluding hydrogens is 274 g/mol. The SMILES string of the molecule is CCc1cc(=O)[nH]c(SCC(=O)N2CCC(C)CC2)n1. The number of carbonyl (C=O) groups is 1. The molecule has 1 amide bonds. The van der Waals surface area contributed by atoms with Crippen LogP contribution >= 0.6 is 11.8 Å². The molecule has 0 atom stereocenters. The first-order chi connectivity index (χ1) is 9.58. The Morgan fingerprint density at radius 2 is 2.20 bits per heavy atom. The van der Waals surface area contributed by atoms with E-state index >= 15 is 0 Å². The number of thioether (sulfide) groups is 1. The molecule has 0 radical (unpaired) electrons. The van der Waals surface area contributed by atoms with Crippen LogP contribution in [0.1, 0.15) is 32.4 Å². The Bertz CT molecular complexity index is 521. The third-order valence-electron chi connectivity index (χ3n) is 3.60. The van der Waals surface area contributed by atoms with Crippen molar-refractivity contribution in [3.63, 3.8) is 0 Å². The van der Waals surface area contributed by atoms with Crippen LogP contribution in [-0.2, 0) is 11.2 Å². The summed E-state index contributed by atoms with van der Waals surface area (Å²) in [5.74, 6) is 1.18. The van der Waals surface area contributed by atoms with E-state index in [1.54, 1.807) is 0 Å². The Kier molecular flexibility index (Phi) is 5.23. The standard InChI is InChI=1S/C14H21N3O2S/c1-3-11-8-12(18)16-14(15-11)20-9-13(19)17-6-4-10(2)5-7-17/h8,10H,3-7,9H2,1-2H3,(H,15,16,18). The van der Waals surface area contributed by atoms with Crippen LogP contribution in [0.5, 0.6) is 0 Å². The number of aromatic amines is 1. The number of rotatable bonds is 4. The Hall–Kier alpha value is -1.30. The van der Waals surface area contributed by atoms with E-state index in [0.717, 1.165) is 38.0 Å². The van der Waals surface area contributed by atoms with E-state index in [4.69, 9.17) is 0 Å². The second-order valence-electron chi connectivity index (χ2n) is 5.25. The van der Waals surface area contributed by atoms with E-state index < -0.39 is 0 Å². The molecule has 110 valence electrons. The molecule has 0 saturated carbocycles. The molecule has 1 fully saturated rings. The normalized spacial score (nSPS) is 16.4. The third-order valence-corrected chi connectivity index (χ3v) is 4.46. The molecule has 1 N–H and O–H groups in total. The number of aromatic nitrogens is 2. The van der Waals surface area contributed by atoms with Gasteiger partial charge in [-0.15, -0.1) is 0 Å². The first-order valence-electron chi connectivity index (χ1n) is 7.09. The van der Waals surface area contributed by atoms with E-state index in [0.29, 0.717) is 16.8 Å². The maximum Gasteiger partial charge on any atom is 0.251 e. The average Bonchev–Trinajstić information content (AvgIpc) is 2.45. The number of likely N-dealkylation sites (tertiary alicyclic amines) is 1. The van der Waals surface area contributed by atoms with Crippen molar-refractivity contribution in [3.8, 4) is 0 Å². The molecule has 1 aromatic heterocycles. The molecule has 0 unspecified atom stereocenters. The highest BCUT2D eigenvalue weighted by molar-refractivity contribution is 7.99. The summed E-state index contributed by atoms with van der Waals surface area (Å²) in [5.41, 5.74) is 0.606. The van der Waals surface area contributed by atoms with E-state index in [9.17, 15) is 9.59 Å². The van der Waals surface area contributed by atoms with Crippen LogP contribution in [0.25, 0.3) is 0 Å². The van der Waals surface area contributed by atoms with Gasteiger partial charge in [0.1, 0.15) is 0 Å². The Morgan fingerprint density at radius 3 is 2.85 bits per heavy atom. The van der Waals surface area contributed by atoms with Crippen LogP contribution in [0.4, 0.5) is 0 Å². The zero-order chi connectivity index (χ0) is 14.5. The van der Waals surface area contributed by atoms with Gasteiger partial charge in [0, 0.05) is 24.8 Å². The number of nitrogens with zero attached hydrogens (tertiary/aromatic N) is 2. The summed E-state index contributed by atoms with van der Waals surface area (Å²) in [7, 11) is 0. The minimum atomic E-state index is -0.154. The van der Waals surface area contributed by atoms with Gasteiger partial charge in [-0.25, -0.2) is 4.98 Å². The summed E-state index contributed by atoms with van der Waals surface area (Å²) in [4.78, 5) is 32.5. The van der Waals surface area contributed by atoms with Gasteiger partial charge in [-0.2, -0.15) is 0 Å². The lowest BCUT2D eigenvalue weighted by atomic mass is 9.99. The predicted molar refractivity (Wildman–Crippen MR) is 79.9 cm³/mol. The molecule has 1 aliphatic rings. The molecule has 5 nitrogen and oxygen atoms in total. The molecule has 2 rings (SSSR count). The second-order valence-corrected chi connectivity index (χ2v) is 6.21. The van der Waals surface area contributed by atoms with Crippen LogP contribution < -0.4 is 5.56 Å². The molecule has 0 aliphatic carbocycles. The summed E-state index contributed by atoms with van der Waals surface area (Å²) in [6, 6.07) is 1.50. The largest absolute Gasteiger partial charge is 0.342 e. The maximum absolute atomic E-state index is 12.1. The highest BCUT2D eigenvalue weighted by Crippen LogP contribution is 2.18. The highest BCUT2D eigenvalue weighted by Gasteiger charge is 2.20. The number of H-pyrrole nitrogens is 1. The fourth-order valence-electron chi connectivity index (χ4n) is 2.21. The van der Waals surface area contributed by atoms with Gasteiger partial charge < -0.3 is 9.88 Å². The van der Waals surface area contributed by atoms with Crippen molar-refractivity contribution in [1.29, 1.82) is 0 Å². The number of carbonyl (C=O) groups excluding carboxylic acids is 1. The van der Waals surface area contributed by atoms with Crippen LogP contribution in [0.3, 0.4) is 0 Å². The lowest BCUT2D eigenvalue weighted by Gasteiger charge is -2.30. The van der Waals surface area contributed by atoms with Crippen molar-refractivity contribution >= 4 is 17.7 Å². The van der Waals surface area contributed by atoms with Crippen LogP contribution in [0.15, 0.2) is 16.0 Å². The molecule has 1 aromatic rings. The highest BCUT2D eigenvalue weighted by atomic mass is 32.2. The quantitative estimate of drug-likeness (QED) is 0.678. The van der Waals surface area contributed by atoms with Crippen LogP contribution in [0, 0.1) is 5.92 Å². The minimum absolute atomic E-state index is 0.131. The van der Waals surface area contributed by atoms with Crippen LogP contribution in [0.2, 0.25) is 0 Å². The molecule has 0 spiro atoms. The number of piperidine rings is 1. The Morgan fingerprint density at radius 1 is 1.50 bits per heavy atom. The van der Waals surface area contributed by atoms with Crippen molar-refractivity contribution < 1.29 is 4.79 Å². The smallest absolute Gasteiger partial charge is 0.251 e. The van der Waals surface area contributed by atoms with Crippen molar-refractivity contribution in [3.05, 3.63) is 22.1 Å². The van der Waals surface area contributed by atoms with Gasteiger partial charge in [0.25, 0.3) is 5.56 Å². The van der Waals surface area contributed by atoms with Gasteiger partial charge in [0.15, 0.2) is 5.16 Å². The predicted octanol–water partition coefficient (Wildman–Crippen LogP) is 1.68. The van der Waals surface area contributed by atoms with E-state index in [1.807, 2.05) is 11.8 Å². The van der Waals surface area contributed by atoms with Crippen molar-refractivity contribution in [1.82, 2.24) is 14.9 Å². The fraction of sp³-hybridized carbons (Fsp3) is 0.643. The summed E-state index contributed by atoms with van der Waals surface area (Å²) in [6.07, 6.45) is 2.88. The summed E-state index contributed by atoms with van der Waals surface area (Å²) >= 11 is 1.31. The number of aryl methyl sites for hydroxylation is 1. The summed E-state index contributed by atoms with van der Waals surface area (Å²) < 4.78 is 0. The number of amides is 1. The summed E-state index contributed by atoms with van der Waals surface area (Å²) in [6.45, 7) is 5.87. The number of nitrogens with one attached hydrogen (secondary N) is 1. The molecule has 0 bridgehead atoms. The maximum atomic E-state index is 12.1. The van der Waals surface area contributed by atoms with E-state index in [-0.39, 0.29) is 11.5 Å². The van der Waals surface area contributed by atoms with Gasteiger partial charge in [-0.1, -0.05) is 25.6 Å². The first kappa shape index (κ1) is 15.1. The molecule has 1 saturated heterocycles.